The molecule has 2 heterocycles. The van der Waals surface area contributed by atoms with Crippen LogP contribution in [0.3, 0.4) is 0 Å². The predicted molar refractivity (Wildman–Crippen MR) is 101 cm³/mol. The Morgan fingerprint density at radius 2 is 1.70 bits per heavy atom. The van der Waals surface area contributed by atoms with Crippen molar-refractivity contribution in [1.29, 1.82) is 0 Å². The summed E-state index contributed by atoms with van der Waals surface area (Å²) in [5.41, 5.74) is 1.53. The number of carboxylic acid groups (broad SMARTS) is 1. The number of carboxylic acids is 1. The average molecular weight is 363 g/mol. The number of H-pyrrole nitrogens is 1. The normalized spacial score (nSPS) is 16.4. The molecule has 6 nitrogen and oxygen atoms in total. The Bertz CT molecular complexity index is 973. The molecule has 0 saturated carbocycles. The van der Waals surface area contributed by atoms with Gasteiger partial charge in [0.1, 0.15) is 0 Å². The van der Waals surface area contributed by atoms with Crippen molar-refractivity contribution in [2.45, 2.75) is 24.7 Å². The highest BCUT2D eigenvalue weighted by Crippen LogP contribution is 2.36. The van der Waals surface area contributed by atoms with Gasteiger partial charge < -0.3 is 10.0 Å². The Morgan fingerprint density at radius 1 is 1.04 bits per heavy atom. The molecule has 1 saturated heterocycles. The molecule has 1 aliphatic heterocycles. The Hall–Kier alpha value is -3.15. The zero-order valence-electron chi connectivity index (χ0n) is 14.9. The fraction of sp³-hybridized carbons (Fsp3) is 0.286. The standard InChI is InChI=1S/C21H21N3O3/c25-19(14-18-16-8-4-5-9-17(16)22-23-18)24-12-10-21(11-13-24,20(26)27)15-6-2-1-3-7-15/h1-9H,10-14H2,(H,22,23)(H,26,27). The molecule has 1 aliphatic rings. The highest BCUT2D eigenvalue weighted by Gasteiger charge is 2.43. The first kappa shape index (κ1) is 17.3. The number of hydrogen-bond acceptors (Lipinski definition) is 3. The summed E-state index contributed by atoms with van der Waals surface area (Å²) in [7, 11) is 0. The second kappa shape index (κ2) is 6.87. The third kappa shape index (κ3) is 3.07. The third-order valence-electron chi connectivity index (χ3n) is 5.57. The van der Waals surface area contributed by atoms with Crippen LogP contribution in [-0.2, 0) is 21.4 Å². The molecular formula is C21H21N3O3. The number of amides is 1. The summed E-state index contributed by atoms with van der Waals surface area (Å²) in [6, 6.07) is 17.0. The minimum atomic E-state index is -0.918. The molecular weight excluding hydrogens is 342 g/mol. The molecule has 138 valence electrons. The lowest BCUT2D eigenvalue weighted by Crippen LogP contribution is -2.49. The second-order valence-corrected chi connectivity index (χ2v) is 7.03. The SMILES string of the molecule is O=C(Cc1[nH]nc2ccccc12)N1CCC(C(=O)O)(c2ccccc2)CC1. The van der Waals surface area contributed by atoms with Crippen LogP contribution in [0.1, 0.15) is 24.1 Å². The number of piperidine rings is 1. The lowest BCUT2D eigenvalue weighted by Gasteiger charge is -2.39. The quantitative estimate of drug-likeness (QED) is 0.746. The van der Waals surface area contributed by atoms with Gasteiger partial charge in [0.25, 0.3) is 0 Å². The molecule has 1 aromatic heterocycles. The van der Waals surface area contributed by atoms with Crippen molar-refractivity contribution in [2.24, 2.45) is 0 Å². The number of aromatic amines is 1. The van der Waals surface area contributed by atoms with Crippen molar-refractivity contribution in [1.82, 2.24) is 15.1 Å². The number of carbonyl (C=O) groups is 2. The first-order chi connectivity index (χ1) is 13.1. The largest absolute Gasteiger partial charge is 0.481 e. The lowest BCUT2D eigenvalue weighted by molar-refractivity contribution is -0.148. The average Bonchev–Trinajstić information content (AvgIpc) is 3.11. The van der Waals surface area contributed by atoms with Crippen LogP contribution in [0, 0.1) is 0 Å². The van der Waals surface area contributed by atoms with Gasteiger partial charge in [-0.05, 0) is 24.5 Å². The maximum atomic E-state index is 12.8. The summed E-state index contributed by atoms with van der Waals surface area (Å²) < 4.78 is 0. The van der Waals surface area contributed by atoms with E-state index in [9.17, 15) is 14.7 Å². The number of aromatic nitrogens is 2. The first-order valence-corrected chi connectivity index (χ1v) is 9.09. The first-order valence-electron chi connectivity index (χ1n) is 9.09. The highest BCUT2D eigenvalue weighted by atomic mass is 16.4. The van der Waals surface area contributed by atoms with Gasteiger partial charge in [0.05, 0.1) is 23.0 Å². The number of carbonyl (C=O) groups excluding carboxylic acids is 1. The highest BCUT2D eigenvalue weighted by molar-refractivity contribution is 5.88. The molecule has 1 fully saturated rings. The van der Waals surface area contributed by atoms with Crippen LogP contribution in [0.5, 0.6) is 0 Å². The van der Waals surface area contributed by atoms with E-state index in [1.165, 1.54) is 0 Å². The molecule has 0 unspecified atom stereocenters. The lowest BCUT2D eigenvalue weighted by atomic mass is 9.73. The van der Waals surface area contributed by atoms with Gasteiger partial charge in [0, 0.05) is 18.5 Å². The molecule has 0 atom stereocenters. The summed E-state index contributed by atoms with van der Waals surface area (Å²) in [5, 5.41) is 18.0. The van der Waals surface area contributed by atoms with E-state index < -0.39 is 11.4 Å². The molecule has 27 heavy (non-hydrogen) atoms. The molecule has 0 aliphatic carbocycles. The van der Waals surface area contributed by atoms with E-state index in [4.69, 9.17) is 0 Å². The van der Waals surface area contributed by atoms with Crippen molar-refractivity contribution in [3.8, 4) is 0 Å². The van der Waals surface area contributed by atoms with E-state index in [1.807, 2.05) is 54.6 Å². The predicted octanol–water partition coefficient (Wildman–Crippen LogP) is 2.75. The zero-order chi connectivity index (χ0) is 18.9. The van der Waals surface area contributed by atoms with Crippen molar-refractivity contribution >= 4 is 22.8 Å². The fourth-order valence-electron chi connectivity index (χ4n) is 3.93. The van der Waals surface area contributed by atoms with Gasteiger partial charge in [-0.15, -0.1) is 0 Å². The van der Waals surface area contributed by atoms with E-state index in [-0.39, 0.29) is 12.3 Å². The number of para-hydroxylation sites is 1. The summed E-state index contributed by atoms with van der Waals surface area (Å²) >= 11 is 0. The van der Waals surface area contributed by atoms with Crippen LogP contribution in [0.2, 0.25) is 0 Å². The van der Waals surface area contributed by atoms with Gasteiger partial charge in [-0.3, -0.25) is 14.7 Å². The van der Waals surface area contributed by atoms with Crippen LogP contribution >= 0.6 is 0 Å². The van der Waals surface area contributed by atoms with Crippen LogP contribution in [0.25, 0.3) is 10.9 Å². The minimum absolute atomic E-state index is 0.00328. The van der Waals surface area contributed by atoms with Crippen molar-refractivity contribution in [3.63, 3.8) is 0 Å². The van der Waals surface area contributed by atoms with E-state index in [2.05, 4.69) is 10.2 Å². The number of rotatable bonds is 4. The van der Waals surface area contributed by atoms with Crippen molar-refractivity contribution in [2.75, 3.05) is 13.1 Å². The number of nitrogens with zero attached hydrogens (tertiary/aromatic N) is 2. The smallest absolute Gasteiger partial charge is 0.314 e. The Balaban J connectivity index is 1.48. The number of likely N-dealkylation sites (tertiary alicyclic amines) is 1. The van der Waals surface area contributed by atoms with Crippen molar-refractivity contribution in [3.05, 3.63) is 65.9 Å². The number of fused-ring (bicyclic) bond motifs is 1. The van der Waals surface area contributed by atoms with Gasteiger partial charge in [-0.1, -0.05) is 48.5 Å². The van der Waals surface area contributed by atoms with Gasteiger partial charge in [-0.25, -0.2) is 0 Å². The second-order valence-electron chi connectivity index (χ2n) is 7.03. The molecule has 2 N–H and O–H groups in total. The van der Waals surface area contributed by atoms with Crippen LogP contribution < -0.4 is 0 Å². The fourth-order valence-corrected chi connectivity index (χ4v) is 3.93. The van der Waals surface area contributed by atoms with Crippen LogP contribution in [0.4, 0.5) is 0 Å². The van der Waals surface area contributed by atoms with E-state index in [0.29, 0.717) is 25.9 Å². The van der Waals surface area contributed by atoms with Gasteiger partial charge in [-0.2, -0.15) is 5.10 Å². The van der Waals surface area contributed by atoms with Crippen LogP contribution in [-0.4, -0.2) is 45.2 Å². The molecule has 6 heteroatoms. The van der Waals surface area contributed by atoms with E-state index >= 15 is 0 Å². The Labute approximate surface area is 156 Å². The molecule has 4 rings (SSSR count). The molecule has 0 spiro atoms. The Kier molecular flexibility index (Phi) is 4.39. The van der Waals surface area contributed by atoms with Gasteiger partial charge in [0.15, 0.2) is 0 Å². The van der Waals surface area contributed by atoms with E-state index in [0.717, 1.165) is 22.2 Å². The third-order valence-corrected chi connectivity index (χ3v) is 5.57. The van der Waals surface area contributed by atoms with Crippen LogP contribution in [0.15, 0.2) is 54.6 Å². The Morgan fingerprint density at radius 3 is 2.41 bits per heavy atom. The maximum absolute atomic E-state index is 12.8. The number of aliphatic carboxylic acids is 1. The molecule has 0 radical (unpaired) electrons. The minimum Gasteiger partial charge on any atom is -0.481 e. The molecule has 2 aromatic carbocycles. The molecule has 1 amide bonds. The van der Waals surface area contributed by atoms with Gasteiger partial charge in [0.2, 0.25) is 5.91 Å². The zero-order valence-corrected chi connectivity index (χ0v) is 14.9. The monoisotopic (exact) mass is 363 g/mol. The molecule has 0 bridgehead atoms. The summed E-state index contributed by atoms with van der Waals surface area (Å²) in [4.78, 5) is 26.6. The number of benzene rings is 2. The summed E-state index contributed by atoms with van der Waals surface area (Å²) in [6.07, 6.45) is 1.08. The summed E-state index contributed by atoms with van der Waals surface area (Å²) in [6.45, 7) is 0.873. The topological polar surface area (TPSA) is 86.3 Å². The maximum Gasteiger partial charge on any atom is 0.314 e. The van der Waals surface area contributed by atoms with Gasteiger partial charge >= 0.3 is 5.97 Å². The number of nitrogens with one attached hydrogen (secondary N) is 1. The van der Waals surface area contributed by atoms with E-state index in [1.54, 1.807) is 4.90 Å². The number of hydrogen-bond donors (Lipinski definition) is 2. The molecule has 3 aromatic rings. The summed E-state index contributed by atoms with van der Waals surface area (Å²) in [5.74, 6) is -0.822. The van der Waals surface area contributed by atoms with Crippen molar-refractivity contribution < 1.29 is 14.7 Å².